The lowest BCUT2D eigenvalue weighted by molar-refractivity contribution is -0.117. The van der Waals surface area contributed by atoms with Gasteiger partial charge in [-0.15, -0.1) is 0 Å². The quantitative estimate of drug-likeness (QED) is 0.844. The summed E-state index contributed by atoms with van der Waals surface area (Å²) in [5.74, 6) is 0.0698. The molecule has 0 atom stereocenters. The van der Waals surface area contributed by atoms with Crippen LogP contribution in [0.1, 0.15) is 30.5 Å². The van der Waals surface area contributed by atoms with E-state index in [9.17, 15) is 14.7 Å². The van der Waals surface area contributed by atoms with Crippen LogP contribution in [0, 0.1) is 6.92 Å². The zero-order valence-electron chi connectivity index (χ0n) is 9.83. The second-order valence-corrected chi connectivity index (χ2v) is 4.19. The molecule has 0 unspecified atom stereocenters. The van der Waals surface area contributed by atoms with Crippen molar-refractivity contribution in [3.8, 4) is 5.75 Å². The van der Waals surface area contributed by atoms with Gasteiger partial charge in [0.2, 0.25) is 0 Å². The fraction of sp³-hybridized carbons (Fsp3) is 0.385. The van der Waals surface area contributed by atoms with E-state index in [1.165, 1.54) is 13.8 Å². The Morgan fingerprint density at radius 1 is 1.06 bits per heavy atom. The summed E-state index contributed by atoms with van der Waals surface area (Å²) >= 11 is 0. The normalized spacial score (nSPS) is 10.2. The van der Waals surface area contributed by atoms with Gasteiger partial charge in [-0.05, 0) is 20.8 Å². The van der Waals surface area contributed by atoms with Crippen LogP contribution < -0.4 is 0 Å². The minimum atomic E-state index is -0.00493. The Kier molecular flexibility index (Phi) is 3.82. The minimum Gasteiger partial charge on any atom is -0.507 e. The van der Waals surface area contributed by atoms with Crippen molar-refractivity contribution in [3.05, 3.63) is 28.8 Å². The van der Waals surface area contributed by atoms with Gasteiger partial charge in [0.1, 0.15) is 17.3 Å². The Labute approximate surface area is 95.1 Å². The van der Waals surface area contributed by atoms with E-state index in [1.807, 2.05) is 6.92 Å². The van der Waals surface area contributed by atoms with E-state index < -0.39 is 0 Å². The predicted octanol–water partition coefficient (Wildman–Crippen LogP) is 1.96. The van der Waals surface area contributed by atoms with Crippen molar-refractivity contribution in [1.82, 2.24) is 0 Å². The first-order valence-corrected chi connectivity index (χ1v) is 5.20. The summed E-state index contributed by atoms with van der Waals surface area (Å²) in [7, 11) is 0. The van der Waals surface area contributed by atoms with E-state index in [2.05, 4.69) is 0 Å². The Morgan fingerprint density at radius 2 is 1.44 bits per heavy atom. The van der Waals surface area contributed by atoms with Gasteiger partial charge in [0.05, 0.1) is 0 Å². The van der Waals surface area contributed by atoms with E-state index in [1.54, 1.807) is 12.1 Å². The number of aryl methyl sites for hydroxylation is 1. The number of ketones is 2. The SMILES string of the molecule is CC(=O)Cc1cc(C)cc(CC(C)=O)c1O. The monoisotopic (exact) mass is 220 g/mol. The molecule has 16 heavy (non-hydrogen) atoms. The van der Waals surface area contributed by atoms with Gasteiger partial charge in [-0.3, -0.25) is 9.59 Å². The first-order chi connectivity index (χ1) is 7.40. The lowest BCUT2D eigenvalue weighted by Crippen LogP contribution is -2.02. The molecule has 0 fully saturated rings. The van der Waals surface area contributed by atoms with Crippen molar-refractivity contribution in [2.75, 3.05) is 0 Å². The molecule has 0 heterocycles. The molecule has 0 radical (unpaired) electrons. The smallest absolute Gasteiger partial charge is 0.134 e. The Bertz CT molecular complexity index is 396. The molecular formula is C13H16O3. The lowest BCUT2D eigenvalue weighted by Gasteiger charge is -2.09. The van der Waals surface area contributed by atoms with Crippen LogP contribution in [-0.2, 0) is 22.4 Å². The van der Waals surface area contributed by atoms with Crippen molar-refractivity contribution >= 4 is 11.6 Å². The van der Waals surface area contributed by atoms with Gasteiger partial charge >= 0.3 is 0 Å². The highest BCUT2D eigenvalue weighted by molar-refractivity contribution is 5.81. The summed E-state index contributed by atoms with van der Waals surface area (Å²) in [5, 5.41) is 9.91. The molecule has 86 valence electrons. The highest BCUT2D eigenvalue weighted by Gasteiger charge is 2.11. The highest BCUT2D eigenvalue weighted by Crippen LogP contribution is 2.25. The van der Waals surface area contributed by atoms with E-state index in [0.29, 0.717) is 11.1 Å². The summed E-state index contributed by atoms with van der Waals surface area (Å²) in [6.07, 6.45) is 0.414. The maximum Gasteiger partial charge on any atom is 0.134 e. The average Bonchev–Trinajstić information content (AvgIpc) is 2.11. The number of rotatable bonds is 4. The van der Waals surface area contributed by atoms with Gasteiger partial charge in [-0.25, -0.2) is 0 Å². The van der Waals surface area contributed by atoms with Crippen molar-refractivity contribution in [1.29, 1.82) is 0 Å². The van der Waals surface area contributed by atoms with Crippen molar-refractivity contribution in [3.63, 3.8) is 0 Å². The van der Waals surface area contributed by atoms with Crippen LogP contribution in [0.25, 0.3) is 0 Å². The van der Waals surface area contributed by atoms with Crippen LogP contribution in [0.2, 0.25) is 0 Å². The van der Waals surface area contributed by atoms with Crippen molar-refractivity contribution < 1.29 is 14.7 Å². The first-order valence-electron chi connectivity index (χ1n) is 5.20. The van der Waals surface area contributed by atoms with Gasteiger partial charge in [-0.2, -0.15) is 0 Å². The molecule has 0 saturated carbocycles. The fourth-order valence-electron chi connectivity index (χ4n) is 1.74. The second-order valence-electron chi connectivity index (χ2n) is 4.19. The van der Waals surface area contributed by atoms with Gasteiger partial charge < -0.3 is 5.11 Å². The third-order valence-electron chi connectivity index (χ3n) is 2.29. The summed E-state index contributed by atoms with van der Waals surface area (Å²) in [5.41, 5.74) is 2.15. The summed E-state index contributed by atoms with van der Waals surface area (Å²) in [6.45, 7) is 4.84. The molecule has 0 aliphatic rings. The molecule has 3 nitrogen and oxygen atoms in total. The summed E-state index contributed by atoms with van der Waals surface area (Å²) < 4.78 is 0. The van der Waals surface area contributed by atoms with Crippen LogP contribution in [-0.4, -0.2) is 16.7 Å². The molecule has 0 saturated heterocycles. The van der Waals surface area contributed by atoms with Crippen molar-refractivity contribution in [2.24, 2.45) is 0 Å². The lowest BCUT2D eigenvalue weighted by atomic mass is 9.98. The molecule has 1 N–H and O–H groups in total. The number of hydrogen-bond acceptors (Lipinski definition) is 3. The Hall–Kier alpha value is -1.64. The number of hydrogen-bond donors (Lipinski definition) is 1. The molecule has 0 aliphatic carbocycles. The molecule has 0 spiro atoms. The molecule has 0 aromatic heterocycles. The van der Waals surface area contributed by atoms with E-state index in [-0.39, 0.29) is 30.2 Å². The second kappa shape index (κ2) is 4.92. The van der Waals surface area contributed by atoms with Crippen LogP contribution in [0.5, 0.6) is 5.75 Å². The number of Topliss-reactive ketones (excluding diaryl/α,β-unsaturated/α-hetero) is 2. The van der Waals surface area contributed by atoms with Crippen molar-refractivity contribution in [2.45, 2.75) is 33.6 Å². The van der Waals surface area contributed by atoms with Gasteiger partial charge in [0.15, 0.2) is 0 Å². The minimum absolute atomic E-state index is 0.00493. The summed E-state index contributed by atoms with van der Waals surface area (Å²) in [6, 6.07) is 3.56. The Morgan fingerprint density at radius 3 is 1.75 bits per heavy atom. The van der Waals surface area contributed by atoms with Gasteiger partial charge in [-0.1, -0.05) is 17.7 Å². The molecule has 1 aromatic carbocycles. The topological polar surface area (TPSA) is 54.4 Å². The molecule has 1 rings (SSSR count). The summed E-state index contributed by atoms with van der Waals surface area (Å²) in [4.78, 5) is 22.1. The molecule has 3 heteroatoms. The van der Waals surface area contributed by atoms with E-state index in [0.717, 1.165) is 5.56 Å². The number of carbonyl (C=O) groups is 2. The maximum absolute atomic E-state index is 11.0. The number of carbonyl (C=O) groups excluding carboxylic acids is 2. The van der Waals surface area contributed by atoms with Crippen LogP contribution in [0.15, 0.2) is 12.1 Å². The molecule has 1 aromatic rings. The largest absolute Gasteiger partial charge is 0.507 e. The standard InChI is InChI=1S/C13H16O3/c1-8-4-11(6-9(2)14)13(16)12(5-8)7-10(3)15/h4-5,16H,6-7H2,1-3H3. The Balaban J connectivity index is 3.14. The zero-order chi connectivity index (χ0) is 12.3. The molecule has 0 aliphatic heterocycles. The first kappa shape index (κ1) is 12.4. The predicted molar refractivity (Wildman–Crippen MR) is 61.6 cm³/mol. The maximum atomic E-state index is 11.0. The van der Waals surface area contributed by atoms with E-state index >= 15 is 0 Å². The van der Waals surface area contributed by atoms with Crippen LogP contribution >= 0.6 is 0 Å². The van der Waals surface area contributed by atoms with Gasteiger partial charge in [0.25, 0.3) is 0 Å². The van der Waals surface area contributed by atoms with E-state index in [4.69, 9.17) is 0 Å². The average molecular weight is 220 g/mol. The fourth-order valence-corrected chi connectivity index (χ4v) is 1.74. The van der Waals surface area contributed by atoms with Crippen LogP contribution in [0.4, 0.5) is 0 Å². The zero-order valence-corrected chi connectivity index (χ0v) is 9.83. The third kappa shape index (κ3) is 3.19. The highest BCUT2D eigenvalue weighted by atomic mass is 16.3. The number of phenols is 1. The number of benzene rings is 1. The van der Waals surface area contributed by atoms with Gasteiger partial charge in [0, 0.05) is 24.0 Å². The number of aromatic hydroxyl groups is 1. The molecule has 0 bridgehead atoms. The molecule has 0 amide bonds. The number of phenolic OH excluding ortho intramolecular Hbond substituents is 1. The third-order valence-corrected chi connectivity index (χ3v) is 2.29. The van der Waals surface area contributed by atoms with Crippen LogP contribution in [0.3, 0.4) is 0 Å². The molecular weight excluding hydrogens is 204 g/mol.